The van der Waals surface area contributed by atoms with Crippen LogP contribution in [-0.2, 0) is 6.18 Å². The lowest BCUT2D eigenvalue weighted by atomic mass is 9.85. The number of pyridine rings is 1. The molecule has 0 N–H and O–H groups in total. The minimum atomic E-state index is -4.54. The van der Waals surface area contributed by atoms with Gasteiger partial charge in [0.15, 0.2) is 11.8 Å². The zero-order chi connectivity index (χ0) is 23.0. The molecule has 1 amide bonds. The van der Waals surface area contributed by atoms with Crippen LogP contribution in [-0.4, -0.2) is 44.9 Å². The summed E-state index contributed by atoms with van der Waals surface area (Å²) >= 11 is 0. The number of fused-ring (bicyclic) bond motifs is 1. The Labute approximate surface area is 178 Å². The van der Waals surface area contributed by atoms with Crippen molar-refractivity contribution in [1.82, 2.24) is 19.5 Å². The molecule has 0 saturated carbocycles. The van der Waals surface area contributed by atoms with Crippen molar-refractivity contribution in [2.24, 2.45) is 0 Å². The number of aromatic nitrogens is 3. The van der Waals surface area contributed by atoms with Gasteiger partial charge in [-0.05, 0) is 42.0 Å². The summed E-state index contributed by atoms with van der Waals surface area (Å²) in [6, 6.07) is 7.78. The second-order valence-corrected chi connectivity index (χ2v) is 7.60. The minimum absolute atomic E-state index is 0.0452. The van der Waals surface area contributed by atoms with Crippen LogP contribution in [0.4, 0.5) is 26.3 Å². The third kappa shape index (κ3) is 4.15. The summed E-state index contributed by atoms with van der Waals surface area (Å²) in [6.45, 7) is 0.526. The molecule has 4 rings (SSSR count). The number of likely N-dealkylation sites (tertiary alicyclic amines) is 1. The number of piperidine rings is 1. The first kappa shape index (κ1) is 22.1. The number of amides is 1. The number of benzene rings is 1. The molecule has 0 radical (unpaired) electrons. The van der Waals surface area contributed by atoms with Crippen molar-refractivity contribution in [2.45, 2.75) is 37.5 Å². The van der Waals surface area contributed by atoms with Crippen LogP contribution in [0.3, 0.4) is 0 Å². The summed E-state index contributed by atoms with van der Waals surface area (Å²) in [7, 11) is 0. The molecule has 1 aliphatic rings. The first-order valence-corrected chi connectivity index (χ1v) is 9.89. The van der Waals surface area contributed by atoms with Gasteiger partial charge in [0.05, 0.1) is 5.56 Å². The Balaban J connectivity index is 1.49. The highest BCUT2D eigenvalue weighted by Crippen LogP contribution is 2.36. The molecule has 1 unspecified atom stereocenters. The molecule has 1 aromatic carbocycles. The summed E-state index contributed by atoms with van der Waals surface area (Å²) in [5.41, 5.74) is -0.546. The van der Waals surface area contributed by atoms with E-state index in [0.29, 0.717) is 18.4 Å². The van der Waals surface area contributed by atoms with Crippen molar-refractivity contribution in [2.75, 3.05) is 13.1 Å². The molecule has 1 atom stereocenters. The van der Waals surface area contributed by atoms with E-state index < -0.39 is 30.2 Å². The van der Waals surface area contributed by atoms with Gasteiger partial charge in [-0.15, -0.1) is 10.2 Å². The number of alkyl halides is 6. The molecule has 0 aliphatic carbocycles. The van der Waals surface area contributed by atoms with Crippen LogP contribution in [0.15, 0.2) is 42.6 Å². The third-order valence-corrected chi connectivity index (χ3v) is 5.66. The lowest BCUT2D eigenvalue weighted by Gasteiger charge is -2.33. The Kier molecular flexibility index (Phi) is 5.83. The molecular weight excluding hydrogens is 438 g/mol. The van der Waals surface area contributed by atoms with Gasteiger partial charge in [0, 0.05) is 19.3 Å². The summed E-state index contributed by atoms with van der Waals surface area (Å²) in [5.74, 6) is -0.814. The lowest BCUT2D eigenvalue weighted by Crippen LogP contribution is -2.39. The number of nitrogens with zero attached hydrogens (tertiary/aromatic N) is 4. The highest BCUT2D eigenvalue weighted by atomic mass is 19.4. The average molecular weight is 456 g/mol. The maximum Gasteiger partial charge on any atom is 0.416 e. The van der Waals surface area contributed by atoms with E-state index >= 15 is 0 Å². The van der Waals surface area contributed by atoms with Crippen LogP contribution in [0.1, 0.15) is 52.2 Å². The Morgan fingerprint density at radius 2 is 1.72 bits per heavy atom. The molecule has 0 bridgehead atoms. The van der Waals surface area contributed by atoms with Gasteiger partial charge < -0.3 is 4.90 Å². The molecule has 3 heterocycles. The Bertz CT molecular complexity index is 1120. The highest BCUT2D eigenvalue weighted by Gasteiger charge is 2.33. The molecule has 11 heteroatoms. The topological polar surface area (TPSA) is 50.5 Å². The molecule has 1 fully saturated rings. The predicted molar refractivity (Wildman–Crippen MR) is 102 cm³/mol. The van der Waals surface area contributed by atoms with E-state index in [2.05, 4.69) is 10.2 Å². The molecule has 2 aromatic heterocycles. The van der Waals surface area contributed by atoms with Crippen molar-refractivity contribution in [1.29, 1.82) is 0 Å². The van der Waals surface area contributed by atoms with Crippen molar-refractivity contribution >= 4 is 11.6 Å². The van der Waals surface area contributed by atoms with Crippen molar-refractivity contribution in [3.63, 3.8) is 0 Å². The molecule has 5 nitrogen and oxygen atoms in total. The Morgan fingerprint density at radius 1 is 1.03 bits per heavy atom. The van der Waals surface area contributed by atoms with E-state index in [1.807, 2.05) is 0 Å². The Hall–Kier alpha value is -3.11. The molecule has 3 aromatic rings. The van der Waals surface area contributed by atoms with Gasteiger partial charge in [-0.25, -0.2) is 13.2 Å². The number of hydrogen-bond acceptors (Lipinski definition) is 3. The molecule has 1 saturated heterocycles. The number of carbonyl (C=O) groups is 1. The SMILES string of the molecule is O=C(c1nnc2cc(C(F)(F)F)ccn12)N1CCC(c2ccccc2C(F)C(F)F)CC1. The van der Waals surface area contributed by atoms with Crippen LogP contribution in [0, 0.1) is 0 Å². The summed E-state index contributed by atoms with van der Waals surface area (Å²) in [5, 5.41) is 7.42. The maximum atomic E-state index is 14.0. The Morgan fingerprint density at radius 3 is 2.38 bits per heavy atom. The summed E-state index contributed by atoms with van der Waals surface area (Å²) in [4.78, 5) is 14.4. The first-order valence-electron chi connectivity index (χ1n) is 9.89. The maximum absolute atomic E-state index is 14.0. The fourth-order valence-electron chi connectivity index (χ4n) is 4.02. The van der Waals surface area contributed by atoms with Crippen LogP contribution in [0.2, 0.25) is 0 Å². The van der Waals surface area contributed by atoms with Crippen LogP contribution < -0.4 is 0 Å². The average Bonchev–Trinajstić information content (AvgIpc) is 3.21. The zero-order valence-corrected chi connectivity index (χ0v) is 16.6. The zero-order valence-electron chi connectivity index (χ0n) is 16.6. The standard InChI is InChI=1S/C21H18F6N4O/c22-17(18(23)24)15-4-2-1-3-14(15)12-5-8-30(9-6-12)20(32)19-29-28-16-11-13(21(25,26)27)7-10-31(16)19/h1-4,7,10-12,17-18H,5-6,8-9H2. The molecule has 170 valence electrons. The van der Waals surface area contributed by atoms with Gasteiger partial charge in [0.2, 0.25) is 5.82 Å². The molecule has 1 aliphatic heterocycles. The van der Waals surface area contributed by atoms with Crippen LogP contribution in [0.25, 0.3) is 5.65 Å². The van der Waals surface area contributed by atoms with Gasteiger partial charge in [0.25, 0.3) is 12.3 Å². The fourth-order valence-corrected chi connectivity index (χ4v) is 4.02. The van der Waals surface area contributed by atoms with Crippen LogP contribution in [0.5, 0.6) is 0 Å². The van der Waals surface area contributed by atoms with Crippen molar-refractivity contribution in [3.8, 4) is 0 Å². The van der Waals surface area contributed by atoms with E-state index in [-0.39, 0.29) is 36.0 Å². The van der Waals surface area contributed by atoms with Gasteiger partial charge >= 0.3 is 6.18 Å². The third-order valence-electron chi connectivity index (χ3n) is 5.66. The van der Waals surface area contributed by atoms with Crippen molar-refractivity contribution < 1.29 is 31.1 Å². The summed E-state index contributed by atoms with van der Waals surface area (Å²) < 4.78 is 79.6. The highest BCUT2D eigenvalue weighted by molar-refractivity contribution is 5.91. The van der Waals surface area contributed by atoms with E-state index in [4.69, 9.17) is 0 Å². The first-order chi connectivity index (χ1) is 15.2. The van der Waals surface area contributed by atoms with E-state index in [9.17, 15) is 31.1 Å². The number of carbonyl (C=O) groups excluding carboxylic acids is 1. The second-order valence-electron chi connectivity index (χ2n) is 7.60. The second kappa shape index (κ2) is 8.44. The predicted octanol–water partition coefficient (Wildman–Crippen LogP) is 5.04. The minimum Gasteiger partial charge on any atom is -0.336 e. The lowest BCUT2D eigenvalue weighted by molar-refractivity contribution is -0.137. The van der Waals surface area contributed by atoms with E-state index in [1.165, 1.54) is 21.4 Å². The van der Waals surface area contributed by atoms with Gasteiger partial charge in [0.1, 0.15) is 0 Å². The number of halogens is 6. The molecule has 0 spiro atoms. The fraction of sp³-hybridized carbons (Fsp3) is 0.381. The van der Waals surface area contributed by atoms with Gasteiger partial charge in [-0.1, -0.05) is 24.3 Å². The largest absolute Gasteiger partial charge is 0.416 e. The van der Waals surface area contributed by atoms with Gasteiger partial charge in [-0.2, -0.15) is 13.2 Å². The summed E-state index contributed by atoms with van der Waals surface area (Å²) in [6.07, 6.45) is -8.10. The van der Waals surface area contributed by atoms with Gasteiger partial charge in [-0.3, -0.25) is 9.20 Å². The molecular formula is C21H18F6N4O. The van der Waals surface area contributed by atoms with Crippen molar-refractivity contribution in [3.05, 3.63) is 65.1 Å². The van der Waals surface area contributed by atoms with E-state index in [1.54, 1.807) is 12.1 Å². The van der Waals surface area contributed by atoms with E-state index in [0.717, 1.165) is 18.3 Å². The number of rotatable bonds is 4. The smallest absolute Gasteiger partial charge is 0.336 e. The normalized spacial score (nSPS) is 16.7. The van der Waals surface area contributed by atoms with Crippen LogP contribution >= 0.6 is 0 Å². The monoisotopic (exact) mass is 456 g/mol. The quantitative estimate of drug-likeness (QED) is 0.517. The number of hydrogen-bond donors (Lipinski definition) is 0. The molecule has 32 heavy (non-hydrogen) atoms.